The van der Waals surface area contributed by atoms with Crippen molar-refractivity contribution in [3.63, 3.8) is 0 Å². The maximum absolute atomic E-state index is 11.7. The van der Waals surface area contributed by atoms with Gasteiger partial charge in [-0.15, -0.1) is 0 Å². The summed E-state index contributed by atoms with van der Waals surface area (Å²) in [7, 11) is 1.83. The van der Waals surface area contributed by atoms with Gasteiger partial charge < -0.3 is 11.1 Å². The van der Waals surface area contributed by atoms with Crippen LogP contribution in [0.1, 0.15) is 26.0 Å². The molecule has 0 aliphatic rings. The van der Waals surface area contributed by atoms with E-state index in [0.717, 1.165) is 11.4 Å². The number of hydrogen-bond acceptors (Lipinski definition) is 3. The Labute approximate surface area is 96.0 Å². The zero-order valence-electron chi connectivity index (χ0n) is 10.3. The van der Waals surface area contributed by atoms with Gasteiger partial charge in [0.15, 0.2) is 0 Å². The first-order chi connectivity index (χ1) is 7.41. The summed E-state index contributed by atoms with van der Waals surface area (Å²) in [5.74, 6) is 0.264. The summed E-state index contributed by atoms with van der Waals surface area (Å²) in [6.45, 7) is 5.99. The van der Waals surface area contributed by atoms with Gasteiger partial charge in [0.05, 0.1) is 23.6 Å². The Bertz CT molecular complexity index is 370. The summed E-state index contributed by atoms with van der Waals surface area (Å²) in [6, 6.07) is -0.459. The van der Waals surface area contributed by atoms with Gasteiger partial charge in [0.2, 0.25) is 5.91 Å². The first-order valence-electron chi connectivity index (χ1n) is 5.47. The third-order valence-electron chi connectivity index (χ3n) is 2.56. The summed E-state index contributed by atoms with van der Waals surface area (Å²) in [4.78, 5) is 11.7. The monoisotopic (exact) mass is 224 g/mol. The van der Waals surface area contributed by atoms with Gasteiger partial charge in [0.1, 0.15) is 0 Å². The van der Waals surface area contributed by atoms with Crippen LogP contribution in [0.4, 0.5) is 5.69 Å². The predicted octanol–water partition coefficient (Wildman–Crippen LogP) is 1.04. The molecule has 0 unspecified atom stereocenters. The van der Waals surface area contributed by atoms with E-state index in [2.05, 4.69) is 10.4 Å². The molecule has 1 rings (SSSR count). The SMILES string of the molecule is Cc1c(NC(=O)[C@@H](N)CC(C)C)cnn1C. The molecular weight excluding hydrogens is 204 g/mol. The number of amides is 1. The van der Waals surface area contributed by atoms with Crippen LogP contribution < -0.4 is 11.1 Å². The number of carbonyl (C=O) groups excluding carboxylic acids is 1. The van der Waals surface area contributed by atoms with E-state index in [9.17, 15) is 4.79 Å². The zero-order chi connectivity index (χ0) is 12.3. The molecule has 1 aromatic heterocycles. The smallest absolute Gasteiger partial charge is 0.241 e. The van der Waals surface area contributed by atoms with Crippen LogP contribution in [0.15, 0.2) is 6.20 Å². The molecule has 0 saturated heterocycles. The molecule has 16 heavy (non-hydrogen) atoms. The highest BCUT2D eigenvalue weighted by Crippen LogP contribution is 2.13. The Morgan fingerprint density at radius 3 is 2.69 bits per heavy atom. The van der Waals surface area contributed by atoms with Crippen molar-refractivity contribution in [3.05, 3.63) is 11.9 Å². The first kappa shape index (κ1) is 12.7. The van der Waals surface area contributed by atoms with Crippen LogP contribution in [0.2, 0.25) is 0 Å². The van der Waals surface area contributed by atoms with Crippen LogP contribution in [-0.2, 0) is 11.8 Å². The first-order valence-corrected chi connectivity index (χ1v) is 5.47. The molecule has 0 fully saturated rings. The van der Waals surface area contributed by atoms with Gasteiger partial charge in [-0.3, -0.25) is 9.48 Å². The van der Waals surface area contributed by atoms with Crippen LogP contribution in [0.5, 0.6) is 0 Å². The summed E-state index contributed by atoms with van der Waals surface area (Å²) < 4.78 is 1.71. The van der Waals surface area contributed by atoms with Gasteiger partial charge in [-0.05, 0) is 19.3 Å². The molecule has 1 atom stereocenters. The van der Waals surface area contributed by atoms with Crippen LogP contribution in [0.3, 0.4) is 0 Å². The minimum atomic E-state index is -0.459. The van der Waals surface area contributed by atoms with Gasteiger partial charge in [-0.1, -0.05) is 13.8 Å². The summed E-state index contributed by atoms with van der Waals surface area (Å²) in [5, 5.41) is 6.84. The number of aryl methyl sites for hydroxylation is 1. The number of carbonyl (C=O) groups is 1. The number of aromatic nitrogens is 2. The summed E-state index contributed by atoms with van der Waals surface area (Å²) in [5.41, 5.74) is 7.43. The molecule has 1 amide bonds. The minimum Gasteiger partial charge on any atom is -0.322 e. The quantitative estimate of drug-likeness (QED) is 0.802. The van der Waals surface area contributed by atoms with Gasteiger partial charge in [-0.2, -0.15) is 5.10 Å². The Morgan fingerprint density at radius 1 is 1.62 bits per heavy atom. The number of anilines is 1. The number of nitrogens with two attached hydrogens (primary N) is 1. The fraction of sp³-hybridized carbons (Fsp3) is 0.636. The molecule has 0 aliphatic heterocycles. The highest BCUT2D eigenvalue weighted by atomic mass is 16.2. The number of nitrogens with zero attached hydrogens (tertiary/aromatic N) is 2. The van der Waals surface area contributed by atoms with Crippen molar-refractivity contribution in [1.82, 2.24) is 9.78 Å². The van der Waals surface area contributed by atoms with Crippen LogP contribution in [0.25, 0.3) is 0 Å². The second-order valence-electron chi connectivity index (χ2n) is 4.49. The van der Waals surface area contributed by atoms with Crippen LogP contribution in [-0.4, -0.2) is 21.7 Å². The molecule has 5 heteroatoms. The fourth-order valence-electron chi connectivity index (χ4n) is 1.46. The molecule has 0 radical (unpaired) electrons. The van der Waals surface area contributed by atoms with Crippen molar-refractivity contribution < 1.29 is 4.79 Å². The minimum absolute atomic E-state index is 0.148. The molecular formula is C11H20N4O. The molecule has 0 aromatic carbocycles. The average molecular weight is 224 g/mol. The summed E-state index contributed by atoms with van der Waals surface area (Å²) in [6.07, 6.45) is 2.32. The van der Waals surface area contributed by atoms with E-state index in [4.69, 9.17) is 5.73 Å². The highest BCUT2D eigenvalue weighted by molar-refractivity contribution is 5.94. The molecule has 0 bridgehead atoms. The lowest BCUT2D eigenvalue weighted by Crippen LogP contribution is -2.36. The second-order valence-corrected chi connectivity index (χ2v) is 4.49. The third-order valence-corrected chi connectivity index (χ3v) is 2.56. The largest absolute Gasteiger partial charge is 0.322 e. The van der Waals surface area contributed by atoms with Crippen LogP contribution in [0, 0.1) is 12.8 Å². The Balaban J connectivity index is 2.61. The molecule has 0 aliphatic carbocycles. The van der Waals surface area contributed by atoms with Gasteiger partial charge in [-0.25, -0.2) is 0 Å². The molecule has 5 nitrogen and oxygen atoms in total. The molecule has 0 spiro atoms. The summed E-state index contributed by atoms with van der Waals surface area (Å²) >= 11 is 0. The van der Waals surface area contributed by atoms with E-state index in [1.165, 1.54) is 0 Å². The topological polar surface area (TPSA) is 72.9 Å². The Hall–Kier alpha value is -1.36. The van der Waals surface area contributed by atoms with E-state index in [0.29, 0.717) is 12.3 Å². The van der Waals surface area contributed by atoms with E-state index in [1.807, 2.05) is 27.8 Å². The van der Waals surface area contributed by atoms with E-state index < -0.39 is 6.04 Å². The zero-order valence-corrected chi connectivity index (χ0v) is 10.3. The van der Waals surface area contributed by atoms with Gasteiger partial charge in [0, 0.05) is 7.05 Å². The maximum Gasteiger partial charge on any atom is 0.241 e. The molecule has 0 saturated carbocycles. The van der Waals surface area contributed by atoms with Crippen molar-refractivity contribution >= 4 is 11.6 Å². The maximum atomic E-state index is 11.7. The molecule has 90 valence electrons. The van der Waals surface area contributed by atoms with E-state index in [1.54, 1.807) is 10.9 Å². The normalized spacial score (nSPS) is 12.9. The van der Waals surface area contributed by atoms with Crippen molar-refractivity contribution in [1.29, 1.82) is 0 Å². The van der Waals surface area contributed by atoms with Gasteiger partial charge in [0.25, 0.3) is 0 Å². The molecule has 1 aromatic rings. The Kier molecular flexibility index (Phi) is 4.06. The third kappa shape index (κ3) is 3.06. The number of hydrogen-bond donors (Lipinski definition) is 2. The van der Waals surface area contributed by atoms with Crippen molar-refractivity contribution in [2.45, 2.75) is 33.2 Å². The highest BCUT2D eigenvalue weighted by Gasteiger charge is 2.16. The predicted molar refractivity (Wildman–Crippen MR) is 64.0 cm³/mol. The van der Waals surface area contributed by atoms with Crippen LogP contribution >= 0.6 is 0 Å². The second kappa shape index (κ2) is 5.12. The Morgan fingerprint density at radius 2 is 2.25 bits per heavy atom. The lowest BCUT2D eigenvalue weighted by molar-refractivity contribution is -0.117. The van der Waals surface area contributed by atoms with E-state index in [-0.39, 0.29) is 5.91 Å². The van der Waals surface area contributed by atoms with Crippen molar-refractivity contribution in [2.24, 2.45) is 18.7 Å². The lowest BCUT2D eigenvalue weighted by Gasteiger charge is -2.13. The van der Waals surface area contributed by atoms with Crippen molar-refractivity contribution in [2.75, 3.05) is 5.32 Å². The standard InChI is InChI=1S/C11H20N4O/c1-7(2)5-9(12)11(16)14-10-6-13-15(4)8(10)3/h6-7,9H,5,12H2,1-4H3,(H,14,16)/t9-/m0/s1. The lowest BCUT2D eigenvalue weighted by atomic mass is 10.0. The fourth-order valence-corrected chi connectivity index (χ4v) is 1.46. The molecule has 1 heterocycles. The average Bonchev–Trinajstić information content (AvgIpc) is 2.48. The van der Waals surface area contributed by atoms with Gasteiger partial charge >= 0.3 is 0 Å². The van der Waals surface area contributed by atoms with Crippen molar-refractivity contribution in [3.8, 4) is 0 Å². The van der Waals surface area contributed by atoms with E-state index >= 15 is 0 Å². The number of nitrogens with one attached hydrogen (secondary N) is 1. The number of rotatable bonds is 4. The molecule has 3 N–H and O–H groups in total.